The van der Waals surface area contributed by atoms with Crippen molar-refractivity contribution in [3.63, 3.8) is 0 Å². The Labute approximate surface area is 184 Å². The van der Waals surface area contributed by atoms with E-state index in [1.165, 1.54) is 35.8 Å². The lowest BCUT2D eigenvalue weighted by atomic mass is 9.50. The van der Waals surface area contributed by atoms with E-state index in [2.05, 4.69) is 70.5 Å². The maximum absolute atomic E-state index is 5.53. The van der Waals surface area contributed by atoms with Gasteiger partial charge >= 0.3 is 0 Å². The highest BCUT2D eigenvalue weighted by Crippen LogP contribution is 2.63. The third kappa shape index (κ3) is 3.13. The quantitative estimate of drug-likeness (QED) is 0.305. The molecule has 1 saturated heterocycles. The Morgan fingerprint density at radius 2 is 1.93 bits per heavy atom. The fourth-order valence-corrected chi connectivity index (χ4v) is 7.77. The number of halogens is 1. The van der Waals surface area contributed by atoms with Gasteiger partial charge in [0.2, 0.25) is 0 Å². The van der Waals surface area contributed by atoms with E-state index in [4.69, 9.17) is 4.74 Å². The van der Waals surface area contributed by atoms with Crippen LogP contribution >= 0.6 is 22.6 Å². The lowest BCUT2D eigenvalue weighted by Gasteiger charge is -2.58. The molecule has 1 saturated carbocycles. The second kappa shape index (κ2) is 7.42. The fraction of sp³-hybridized carbons (Fsp3) is 0.750. The van der Waals surface area contributed by atoms with Gasteiger partial charge in [-0.1, -0.05) is 38.2 Å². The fourth-order valence-electron chi connectivity index (χ4n) is 7.05. The Balaban J connectivity index is 1.38. The standard InChI is InChI=1S/C24H35IN2O/c1-23-9-3-4-19(23)18-5-6-21-24(2,20(18)7-10-23)11-8-22(25)27(21)13-12-26-14-16-28-17-15-26/h3,6,8-9,18-20H,4-5,7,10-17H2,1-2H3. The summed E-state index contributed by atoms with van der Waals surface area (Å²) in [4.78, 5) is 5.23. The summed E-state index contributed by atoms with van der Waals surface area (Å²) >= 11 is 2.58. The van der Waals surface area contributed by atoms with Crippen LogP contribution in [-0.4, -0.2) is 49.2 Å². The highest BCUT2D eigenvalue weighted by Gasteiger charge is 2.55. The molecule has 5 rings (SSSR count). The molecule has 28 heavy (non-hydrogen) atoms. The molecule has 3 nitrogen and oxygen atoms in total. The Bertz CT molecular complexity index is 709. The first-order valence-electron chi connectivity index (χ1n) is 11.3. The van der Waals surface area contributed by atoms with Crippen LogP contribution in [0.2, 0.25) is 0 Å². The molecule has 154 valence electrons. The summed E-state index contributed by atoms with van der Waals surface area (Å²) in [6.45, 7) is 11.3. The Morgan fingerprint density at radius 1 is 1.11 bits per heavy atom. The van der Waals surface area contributed by atoms with Gasteiger partial charge in [0.25, 0.3) is 0 Å². The highest BCUT2D eigenvalue weighted by atomic mass is 127. The lowest BCUT2D eigenvalue weighted by Crippen LogP contribution is -2.52. The first-order valence-corrected chi connectivity index (χ1v) is 12.4. The average molecular weight is 494 g/mol. The normalized spacial score (nSPS) is 43.1. The number of fused-ring (bicyclic) bond motifs is 5. The van der Waals surface area contributed by atoms with Gasteiger partial charge < -0.3 is 9.64 Å². The lowest BCUT2D eigenvalue weighted by molar-refractivity contribution is -0.0162. The van der Waals surface area contributed by atoms with Crippen LogP contribution in [0.3, 0.4) is 0 Å². The Kier molecular flexibility index (Phi) is 5.20. The molecule has 0 bridgehead atoms. The number of rotatable bonds is 3. The van der Waals surface area contributed by atoms with Crippen molar-refractivity contribution in [1.29, 1.82) is 0 Å². The molecule has 0 amide bonds. The van der Waals surface area contributed by atoms with Crippen molar-refractivity contribution in [2.75, 3.05) is 39.4 Å². The zero-order valence-corrected chi connectivity index (χ0v) is 19.7. The van der Waals surface area contributed by atoms with E-state index in [1.54, 1.807) is 5.70 Å². The third-order valence-electron chi connectivity index (χ3n) is 8.74. The number of hydrogen-bond donors (Lipinski definition) is 0. The summed E-state index contributed by atoms with van der Waals surface area (Å²) in [6.07, 6.45) is 16.8. The molecule has 0 radical (unpaired) electrons. The van der Waals surface area contributed by atoms with Gasteiger partial charge in [0.05, 0.1) is 16.9 Å². The zero-order chi connectivity index (χ0) is 19.4. The van der Waals surface area contributed by atoms with Crippen molar-refractivity contribution in [2.24, 2.45) is 28.6 Å². The topological polar surface area (TPSA) is 15.7 Å². The first kappa shape index (κ1) is 19.6. The van der Waals surface area contributed by atoms with Crippen LogP contribution in [0.1, 0.15) is 46.0 Å². The predicted octanol–water partition coefficient (Wildman–Crippen LogP) is 5.20. The molecule has 0 aromatic carbocycles. The molecule has 2 heterocycles. The number of nitrogens with zero attached hydrogens (tertiary/aromatic N) is 2. The monoisotopic (exact) mass is 494 g/mol. The average Bonchev–Trinajstić information content (AvgIpc) is 3.10. The van der Waals surface area contributed by atoms with E-state index >= 15 is 0 Å². The summed E-state index contributed by atoms with van der Waals surface area (Å²) in [7, 11) is 0. The second-order valence-corrected chi connectivity index (χ2v) is 11.2. The van der Waals surface area contributed by atoms with Gasteiger partial charge in [0.15, 0.2) is 0 Å². The molecule has 0 aromatic rings. The third-order valence-corrected chi connectivity index (χ3v) is 9.76. The van der Waals surface area contributed by atoms with E-state index < -0.39 is 0 Å². The van der Waals surface area contributed by atoms with Crippen LogP contribution in [0, 0.1) is 28.6 Å². The molecule has 4 heteroatoms. The van der Waals surface area contributed by atoms with E-state index in [0.29, 0.717) is 10.8 Å². The summed E-state index contributed by atoms with van der Waals surface area (Å²) in [5.41, 5.74) is 2.44. The van der Waals surface area contributed by atoms with Crippen LogP contribution < -0.4 is 0 Å². The Morgan fingerprint density at radius 3 is 2.75 bits per heavy atom. The summed E-state index contributed by atoms with van der Waals surface area (Å²) in [6, 6.07) is 0. The van der Waals surface area contributed by atoms with Crippen molar-refractivity contribution in [2.45, 2.75) is 46.0 Å². The van der Waals surface area contributed by atoms with E-state index in [-0.39, 0.29) is 0 Å². The molecule has 0 aromatic heterocycles. The van der Waals surface area contributed by atoms with E-state index in [9.17, 15) is 0 Å². The maximum Gasteiger partial charge on any atom is 0.0760 e. The summed E-state index contributed by atoms with van der Waals surface area (Å²) in [5.74, 6) is 2.58. The molecule has 5 unspecified atom stereocenters. The predicted molar refractivity (Wildman–Crippen MR) is 123 cm³/mol. The minimum atomic E-state index is 0.326. The number of allylic oxidation sites excluding steroid dienone is 5. The van der Waals surface area contributed by atoms with Gasteiger partial charge in [-0.25, -0.2) is 0 Å². The number of hydrogen-bond acceptors (Lipinski definition) is 3. The molecule has 5 atom stereocenters. The molecule has 3 aliphatic carbocycles. The van der Waals surface area contributed by atoms with Crippen molar-refractivity contribution in [3.8, 4) is 0 Å². The minimum absolute atomic E-state index is 0.326. The van der Waals surface area contributed by atoms with Crippen LogP contribution in [0.4, 0.5) is 0 Å². The van der Waals surface area contributed by atoms with Crippen molar-refractivity contribution < 1.29 is 4.74 Å². The van der Waals surface area contributed by atoms with Gasteiger partial charge in [-0.05, 0) is 77.9 Å². The molecule has 0 spiro atoms. The Hall–Kier alpha value is -0.330. The second-order valence-electron chi connectivity index (χ2n) is 10.1. The van der Waals surface area contributed by atoms with Gasteiger partial charge in [0.1, 0.15) is 0 Å². The van der Waals surface area contributed by atoms with Crippen molar-refractivity contribution >= 4 is 22.6 Å². The van der Waals surface area contributed by atoms with Gasteiger partial charge in [-0.2, -0.15) is 0 Å². The van der Waals surface area contributed by atoms with Crippen LogP contribution in [0.5, 0.6) is 0 Å². The van der Waals surface area contributed by atoms with Gasteiger partial charge in [0, 0.05) is 37.3 Å². The van der Waals surface area contributed by atoms with Crippen molar-refractivity contribution in [3.05, 3.63) is 33.7 Å². The van der Waals surface area contributed by atoms with Gasteiger partial charge in [-0.3, -0.25) is 4.90 Å². The van der Waals surface area contributed by atoms with E-state index in [1.807, 2.05) is 0 Å². The molecule has 2 fully saturated rings. The van der Waals surface area contributed by atoms with Crippen LogP contribution in [0.25, 0.3) is 0 Å². The zero-order valence-electron chi connectivity index (χ0n) is 17.5. The van der Waals surface area contributed by atoms with Crippen molar-refractivity contribution in [1.82, 2.24) is 9.80 Å². The summed E-state index contributed by atoms with van der Waals surface area (Å²) < 4.78 is 6.97. The molecular weight excluding hydrogens is 459 g/mol. The van der Waals surface area contributed by atoms with Crippen LogP contribution in [-0.2, 0) is 4.74 Å². The molecular formula is C24H35IN2O. The molecule has 5 aliphatic rings. The van der Waals surface area contributed by atoms with Gasteiger partial charge in [-0.15, -0.1) is 0 Å². The SMILES string of the molecule is CC12C=CCC1C1CC=C3N(CCN4CCOCC4)C(I)=CCC3(C)C1CC2. The highest BCUT2D eigenvalue weighted by molar-refractivity contribution is 14.1. The number of morpholine rings is 1. The smallest absolute Gasteiger partial charge is 0.0760 e. The largest absolute Gasteiger partial charge is 0.379 e. The van der Waals surface area contributed by atoms with E-state index in [0.717, 1.165) is 57.1 Å². The molecule has 2 aliphatic heterocycles. The molecule has 0 N–H and O–H groups in total. The first-order chi connectivity index (χ1) is 13.5. The number of ether oxygens (including phenoxy) is 1. The minimum Gasteiger partial charge on any atom is -0.379 e. The van der Waals surface area contributed by atoms with Crippen LogP contribution in [0.15, 0.2) is 33.7 Å². The summed E-state index contributed by atoms with van der Waals surface area (Å²) in [5, 5.41) is 0. The maximum atomic E-state index is 5.53.